The van der Waals surface area contributed by atoms with Crippen LogP contribution in [0.2, 0.25) is 5.02 Å². The van der Waals surface area contributed by atoms with Crippen molar-refractivity contribution < 1.29 is 0 Å². The first-order valence-electron chi connectivity index (χ1n) is 4.47. The van der Waals surface area contributed by atoms with Gasteiger partial charge in [-0.25, -0.2) is 0 Å². The molecule has 0 fully saturated rings. The van der Waals surface area contributed by atoms with Gasteiger partial charge in [-0.1, -0.05) is 29.8 Å². The van der Waals surface area contributed by atoms with Crippen molar-refractivity contribution in [2.24, 2.45) is 5.73 Å². The lowest BCUT2D eigenvalue weighted by atomic mass is 10.0. The quantitative estimate of drug-likeness (QED) is 0.823. The van der Waals surface area contributed by atoms with Crippen LogP contribution in [-0.2, 0) is 0 Å². The van der Waals surface area contributed by atoms with E-state index in [0.717, 1.165) is 22.9 Å². The summed E-state index contributed by atoms with van der Waals surface area (Å²) in [5, 5.41) is 0.712. The first-order chi connectivity index (χ1) is 6.66. The Morgan fingerprint density at radius 1 is 1.57 bits per heavy atom. The Bertz CT molecular complexity index is 325. The first-order valence-corrected chi connectivity index (χ1v) is 5.64. The van der Waals surface area contributed by atoms with E-state index >= 15 is 0 Å². The van der Waals surface area contributed by atoms with Gasteiger partial charge < -0.3 is 5.73 Å². The summed E-state index contributed by atoms with van der Waals surface area (Å²) in [5.41, 5.74) is 6.99. The van der Waals surface area contributed by atoms with E-state index in [1.807, 2.05) is 24.3 Å². The van der Waals surface area contributed by atoms with Gasteiger partial charge in [-0.3, -0.25) is 0 Å². The molecule has 0 saturated carbocycles. The van der Waals surface area contributed by atoms with E-state index in [2.05, 4.69) is 22.5 Å². The van der Waals surface area contributed by atoms with Gasteiger partial charge in [0.1, 0.15) is 0 Å². The molecule has 1 rings (SSSR count). The highest BCUT2D eigenvalue weighted by Crippen LogP contribution is 2.30. The maximum Gasteiger partial charge on any atom is 0.0595 e. The van der Waals surface area contributed by atoms with Crippen molar-refractivity contribution in [3.8, 4) is 0 Å². The molecular weight excluding hydrogens is 261 g/mol. The van der Waals surface area contributed by atoms with E-state index in [0.29, 0.717) is 5.02 Å². The van der Waals surface area contributed by atoms with Crippen LogP contribution in [0, 0.1) is 0 Å². The molecule has 3 heteroatoms. The summed E-state index contributed by atoms with van der Waals surface area (Å²) < 4.78 is 0.894. The highest BCUT2D eigenvalue weighted by Gasteiger charge is 2.10. The number of halogens is 2. The Morgan fingerprint density at radius 3 is 2.93 bits per heavy atom. The maximum absolute atomic E-state index is 6.11. The molecule has 0 aliphatic rings. The molecule has 1 atom stereocenters. The lowest BCUT2D eigenvalue weighted by molar-refractivity contribution is 0.661. The van der Waals surface area contributed by atoms with Crippen LogP contribution in [-0.4, -0.2) is 0 Å². The summed E-state index contributed by atoms with van der Waals surface area (Å²) in [5.74, 6) is 0. The Labute approximate surface area is 98.1 Å². The molecule has 0 aliphatic carbocycles. The molecule has 0 heterocycles. The van der Waals surface area contributed by atoms with Gasteiger partial charge in [0.2, 0.25) is 0 Å². The predicted octanol–water partition coefficient (Wildman–Crippen LogP) is 4.07. The molecule has 0 amide bonds. The number of hydrogen-bond acceptors (Lipinski definition) is 1. The van der Waals surface area contributed by atoms with Crippen LogP contribution in [0.5, 0.6) is 0 Å². The Morgan fingerprint density at radius 2 is 2.29 bits per heavy atom. The SMILES string of the molecule is C=CCCC(N)c1cccc(Br)c1Cl. The van der Waals surface area contributed by atoms with Gasteiger partial charge >= 0.3 is 0 Å². The van der Waals surface area contributed by atoms with Crippen molar-refractivity contribution in [2.75, 3.05) is 0 Å². The van der Waals surface area contributed by atoms with E-state index in [4.69, 9.17) is 17.3 Å². The molecule has 0 spiro atoms. The molecule has 1 nitrogen and oxygen atoms in total. The third kappa shape index (κ3) is 2.84. The van der Waals surface area contributed by atoms with Crippen LogP contribution >= 0.6 is 27.5 Å². The standard InChI is InChI=1S/C11H13BrClN/c1-2-3-7-10(14)8-5-4-6-9(12)11(8)13/h2,4-6,10H,1,3,7,14H2. The summed E-state index contributed by atoms with van der Waals surface area (Å²) in [6.45, 7) is 3.67. The summed E-state index contributed by atoms with van der Waals surface area (Å²) in [6.07, 6.45) is 3.65. The Balaban J connectivity index is 2.83. The van der Waals surface area contributed by atoms with E-state index in [1.165, 1.54) is 0 Å². The highest BCUT2D eigenvalue weighted by molar-refractivity contribution is 9.10. The summed E-state index contributed by atoms with van der Waals surface area (Å²) in [6, 6.07) is 5.80. The molecule has 0 saturated heterocycles. The maximum atomic E-state index is 6.11. The fraction of sp³-hybridized carbons (Fsp3) is 0.273. The molecule has 0 aromatic heterocycles. The van der Waals surface area contributed by atoms with Crippen LogP contribution < -0.4 is 5.73 Å². The summed E-state index contributed by atoms with van der Waals surface area (Å²) in [7, 11) is 0. The Kier molecular flexibility index (Phi) is 4.66. The topological polar surface area (TPSA) is 26.0 Å². The van der Waals surface area contributed by atoms with Crippen LogP contribution in [0.15, 0.2) is 35.3 Å². The smallest absolute Gasteiger partial charge is 0.0595 e. The van der Waals surface area contributed by atoms with Crippen molar-refractivity contribution in [1.29, 1.82) is 0 Å². The van der Waals surface area contributed by atoms with Crippen molar-refractivity contribution >= 4 is 27.5 Å². The number of benzene rings is 1. The molecule has 0 bridgehead atoms. The van der Waals surface area contributed by atoms with Crippen LogP contribution in [0.3, 0.4) is 0 Å². The molecule has 14 heavy (non-hydrogen) atoms. The van der Waals surface area contributed by atoms with E-state index < -0.39 is 0 Å². The second-order valence-corrected chi connectivity index (χ2v) is 4.35. The lowest BCUT2D eigenvalue weighted by Crippen LogP contribution is -2.10. The molecule has 1 aromatic rings. The molecule has 76 valence electrons. The zero-order valence-corrected chi connectivity index (χ0v) is 10.2. The predicted molar refractivity (Wildman–Crippen MR) is 65.5 cm³/mol. The first kappa shape index (κ1) is 11.8. The monoisotopic (exact) mass is 273 g/mol. The van der Waals surface area contributed by atoms with Crippen LogP contribution in [0.1, 0.15) is 24.4 Å². The van der Waals surface area contributed by atoms with E-state index in [-0.39, 0.29) is 6.04 Å². The van der Waals surface area contributed by atoms with Gasteiger partial charge in [0.05, 0.1) is 5.02 Å². The van der Waals surface area contributed by atoms with Gasteiger partial charge in [-0.15, -0.1) is 6.58 Å². The van der Waals surface area contributed by atoms with Gasteiger partial charge in [0, 0.05) is 10.5 Å². The number of hydrogen-bond donors (Lipinski definition) is 1. The van der Waals surface area contributed by atoms with Crippen LogP contribution in [0.25, 0.3) is 0 Å². The molecule has 1 aromatic carbocycles. The number of allylic oxidation sites excluding steroid dienone is 1. The number of nitrogens with two attached hydrogens (primary N) is 1. The fourth-order valence-electron chi connectivity index (χ4n) is 1.26. The van der Waals surface area contributed by atoms with E-state index in [9.17, 15) is 0 Å². The third-order valence-electron chi connectivity index (χ3n) is 2.06. The second-order valence-electron chi connectivity index (χ2n) is 3.12. The van der Waals surface area contributed by atoms with E-state index in [1.54, 1.807) is 0 Å². The normalized spacial score (nSPS) is 12.5. The summed E-state index contributed by atoms with van der Waals surface area (Å²) in [4.78, 5) is 0. The third-order valence-corrected chi connectivity index (χ3v) is 3.37. The molecule has 0 radical (unpaired) electrons. The van der Waals surface area contributed by atoms with Crippen molar-refractivity contribution in [3.63, 3.8) is 0 Å². The Hall–Kier alpha value is -0.310. The van der Waals surface area contributed by atoms with Crippen molar-refractivity contribution in [3.05, 3.63) is 45.9 Å². The molecule has 0 aliphatic heterocycles. The number of rotatable bonds is 4. The zero-order chi connectivity index (χ0) is 10.6. The minimum Gasteiger partial charge on any atom is -0.324 e. The van der Waals surface area contributed by atoms with Crippen molar-refractivity contribution in [2.45, 2.75) is 18.9 Å². The largest absolute Gasteiger partial charge is 0.324 e. The minimum atomic E-state index is -0.0157. The average Bonchev–Trinajstić information content (AvgIpc) is 2.18. The van der Waals surface area contributed by atoms with Gasteiger partial charge in [-0.2, -0.15) is 0 Å². The molecule has 1 unspecified atom stereocenters. The van der Waals surface area contributed by atoms with Crippen molar-refractivity contribution in [1.82, 2.24) is 0 Å². The van der Waals surface area contributed by atoms with Gasteiger partial charge in [-0.05, 0) is 40.4 Å². The highest BCUT2D eigenvalue weighted by atomic mass is 79.9. The summed E-state index contributed by atoms with van der Waals surface area (Å²) >= 11 is 9.49. The lowest BCUT2D eigenvalue weighted by Gasteiger charge is -2.13. The van der Waals surface area contributed by atoms with Gasteiger partial charge in [0.15, 0.2) is 0 Å². The average molecular weight is 275 g/mol. The molecular formula is C11H13BrClN. The minimum absolute atomic E-state index is 0.0157. The van der Waals surface area contributed by atoms with Crippen LogP contribution in [0.4, 0.5) is 0 Å². The second kappa shape index (κ2) is 5.54. The van der Waals surface area contributed by atoms with Gasteiger partial charge in [0.25, 0.3) is 0 Å². The molecule has 2 N–H and O–H groups in total. The fourth-order valence-corrected chi connectivity index (χ4v) is 1.91. The zero-order valence-electron chi connectivity index (χ0n) is 7.84.